The monoisotopic (exact) mass is 331 g/mol. The SMILES string of the molecule is CNC(c1c(Cl)cnn1CCN(C)C)C1CSCCN1C. The maximum atomic E-state index is 6.44. The first-order valence-electron chi connectivity index (χ1n) is 7.35. The highest BCUT2D eigenvalue weighted by atomic mass is 35.5. The average molecular weight is 332 g/mol. The molecule has 1 saturated heterocycles. The van der Waals surface area contributed by atoms with Crippen molar-refractivity contribution in [3.05, 3.63) is 16.9 Å². The molecule has 0 radical (unpaired) electrons. The summed E-state index contributed by atoms with van der Waals surface area (Å²) in [6, 6.07) is 0.654. The van der Waals surface area contributed by atoms with E-state index in [1.165, 1.54) is 5.75 Å². The minimum absolute atomic E-state index is 0.208. The van der Waals surface area contributed by atoms with Crippen LogP contribution in [-0.2, 0) is 6.54 Å². The number of nitrogens with zero attached hydrogens (tertiary/aromatic N) is 4. The lowest BCUT2D eigenvalue weighted by atomic mass is 10.0. The zero-order valence-electron chi connectivity index (χ0n) is 13.3. The Morgan fingerprint density at radius 1 is 1.57 bits per heavy atom. The summed E-state index contributed by atoms with van der Waals surface area (Å²) in [4.78, 5) is 4.59. The van der Waals surface area contributed by atoms with E-state index in [-0.39, 0.29) is 6.04 Å². The van der Waals surface area contributed by atoms with Gasteiger partial charge in [0.1, 0.15) is 0 Å². The van der Waals surface area contributed by atoms with Gasteiger partial charge in [0, 0.05) is 30.6 Å². The predicted octanol–water partition coefficient (Wildman–Crippen LogP) is 1.41. The number of thioether (sulfide) groups is 1. The lowest BCUT2D eigenvalue weighted by Gasteiger charge is -2.38. The highest BCUT2D eigenvalue weighted by Crippen LogP contribution is 2.30. The van der Waals surface area contributed by atoms with Gasteiger partial charge in [0.15, 0.2) is 0 Å². The van der Waals surface area contributed by atoms with Crippen molar-refractivity contribution < 1.29 is 0 Å². The number of aromatic nitrogens is 2. The third kappa shape index (κ3) is 4.13. The van der Waals surface area contributed by atoms with Gasteiger partial charge in [-0.05, 0) is 28.2 Å². The lowest BCUT2D eigenvalue weighted by Crippen LogP contribution is -2.47. The maximum absolute atomic E-state index is 6.44. The van der Waals surface area contributed by atoms with Crippen LogP contribution in [0.1, 0.15) is 11.7 Å². The van der Waals surface area contributed by atoms with Crippen LogP contribution in [0.5, 0.6) is 0 Å². The van der Waals surface area contributed by atoms with Gasteiger partial charge in [-0.15, -0.1) is 0 Å². The molecule has 2 atom stereocenters. The molecule has 2 rings (SSSR count). The van der Waals surface area contributed by atoms with Crippen molar-refractivity contribution in [2.75, 3.05) is 52.8 Å². The van der Waals surface area contributed by atoms with Gasteiger partial charge < -0.3 is 10.2 Å². The van der Waals surface area contributed by atoms with E-state index >= 15 is 0 Å². The Bertz CT molecular complexity index is 451. The van der Waals surface area contributed by atoms with Gasteiger partial charge in [-0.1, -0.05) is 11.6 Å². The van der Waals surface area contributed by atoms with Crippen LogP contribution in [0, 0.1) is 0 Å². The molecule has 1 aromatic heterocycles. The molecule has 0 aliphatic carbocycles. The van der Waals surface area contributed by atoms with Gasteiger partial charge in [-0.2, -0.15) is 16.9 Å². The highest BCUT2D eigenvalue weighted by molar-refractivity contribution is 7.99. The fourth-order valence-electron chi connectivity index (χ4n) is 2.72. The zero-order valence-corrected chi connectivity index (χ0v) is 14.9. The summed E-state index contributed by atoms with van der Waals surface area (Å²) in [6.07, 6.45) is 1.77. The van der Waals surface area contributed by atoms with E-state index in [1.807, 2.05) is 18.8 Å². The molecule has 0 spiro atoms. The summed E-state index contributed by atoms with van der Waals surface area (Å²) in [5.74, 6) is 2.33. The van der Waals surface area contributed by atoms with Crippen molar-refractivity contribution in [1.82, 2.24) is 24.9 Å². The van der Waals surface area contributed by atoms with Crippen LogP contribution in [0.25, 0.3) is 0 Å². The average Bonchev–Trinajstić information content (AvgIpc) is 2.81. The van der Waals surface area contributed by atoms with Crippen molar-refractivity contribution in [3.8, 4) is 0 Å². The maximum Gasteiger partial charge on any atom is 0.0834 e. The molecule has 2 heterocycles. The quantitative estimate of drug-likeness (QED) is 0.853. The van der Waals surface area contributed by atoms with E-state index in [9.17, 15) is 0 Å². The summed E-state index contributed by atoms with van der Waals surface area (Å²) < 4.78 is 2.05. The fraction of sp³-hybridized carbons (Fsp3) is 0.786. The van der Waals surface area contributed by atoms with E-state index in [0.29, 0.717) is 6.04 Å². The van der Waals surface area contributed by atoms with Crippen LogP contribution in [0.3, 0.4) is 0 Å². The van der Waals surface area contributed by atoms with Crippen molar-refractivity contribution in [1.29, 1.82) is 0 Å². The molecule has 1 aliphatic rings. The van der Waals surface area contributed by atoms with Gasteiger partial charge in [-0.3, -0.25) is 9.58 Å². The van der Waals surface area contributed by atoms with Crippen LogP contribution in [0.4, 0.5) is 0 Å². The predicted molar refractivity (Wildman–Crippen MR) is 91.3 cm³/mol. The molecule has 0 saturated carbocycles. The van der Waals surface area contributed by atoms with E-state index in [4.69, 9.17) is 11.6 Å². The Kier molecular flexibility index (Phi) is 6.37. The Morgan fingerprint density at radius 2 is 2.33 bits per heavy atom. The van der Waals surface area contributed by atoms with Crippen LogP contribution in [0.2, 0.25) is 5.02 Å². The fourth-order valence-corrected chi connectivity index (χ4v) is 4.25. The number of hydrogen-bond donors (Lipinski definition) is 1. The van der Waals surface area contributed by atoms with Crippen LogP contribution < -0.4 is 5.32 Å². The molecule has 0 bridgehead atoms. The van der Waals surface area contributed by atoms with Gasteiger partial charge in [0.25, 0.3) is 0 Å². The minimum atomic E-state index is 0.208. The molecule has 1 aliphatic heterocycles. The van der Waals surface area contributed by atoms with Crippen molar-refractivity contribution in [2.45, 2.75) is 18.6 Å². The molecular weight excluding hydrogens is 306 g/mol. The Balaban J connectivity index is 2.22. The highest BCUT2D eigenvalue weighted by Gasteiger charge is 2.31. The van der Waals surface area contributed by atoms with Gasteiger partial charge in [-0.25, -0.2) is 0 Å². The molecule has 120 valence electrons. The van der Waals surface area contributed by atoms with Gasteiger partial charge in [0.2, 0.25) is 0 Å². The van der Waals surface area contributed by atoms with Crippen LogP contribution in [0.15, 0.2) is 6.20 Å². The number of rotatable bonds is 6. The third-order valence-electron chi connectivity index (χ3n) is 4.03. The largest absolute Gasteiger partial charge is 0.310 e. The second-order valence-corrected chi connectivity index (χ2v) is 7.35. The first-order chi connectivity index (χ1) is 10.0. The van der Waals surface area contributed by atoms with E-state index in [1.54, 1.807) is 6.20 Å². The molecular formula is C14H26ClN5S. The topological polar surface area (TPSA) is 36.3 Å². The van der Waals surface area contributed by atoms with Crippen molar-refractivity contribution >= 4 is 23.4 Å². The molecule has 1 aromatic rings. The first-order valence-corrected chi connectivity index (χ1v) is 8.89. The molecule has 0 amide bonds. The standard InChI is InChI=1S/C14H26ClN5S/c1-16-13(12-10-21-8-7-19(12)4)14-11(15)9-17-20(14)6-5-18(2)3/h9,12-13,16H,5-8,10H2,1-4H3. The Morgan fingerprint density at radius 3 is 2.95 bits per heavy atom. The normalized spacial score (nSPS) is 21.9. The lowest BCUT2D eigenvalue weighted by molar-refractivity contribution is 0.214. The summed E-state index contributed by atoms with van der Waals surface area (Å²) >= 11 is 8.45. The summed E-state index contributed by atoms with van der Waals surface area (Å²) in [5.41, 5.74) is 1.11. The summed E-state index contributed by atoms with van der Waals surface area (Å²) in [6.45, 7) is 2.93. The van der Waals surface area contributed by atoms with E-state index in [0.717, 1.165) is 36.1 Å². The molecule has 5 nitrogen and oxygen atoms in total. The third-order valence-corrected chi connectivity index (χ3v) is 5.37. The summed E-state index contributed by atoms with van der Waals surface area (Å²) in [5, 5.41) is 8.69. The molecule has 0 aromatic carbocycles. The molecule has 1 fully saturated rings. The van der Waals surface area contributed by atoms with E-state index < -0.39 is 0 Å². The van der Waals surface area contributed by atoms with Gasteiger partial charge in [0.05, 0.1) is 29.5 Å². The molecule has 7 heteroatoms. The molecule has 1 N–H and O–H groups in total. The Hall–Kier alpha value is -0.270. The smallest absolute Gasteiger partial charge is 0.0834 e. The van der Waals surface area contributed by atoms with E-state index in [2.05, 4.69) is 46.0 Å². The van der Waals surface area contributed by atoms with Crippen LogP contribution >= 0.6 is 23.4 Å². The number of likely N-dealkylation sites (N-methyl/N-ethyl adjacent to an activating group) is 3. The zero-order chi connectivity index (χ0) is 15.4. The van der Waals surface area contributed by atoms with Crippen molar-refractivity contribution in [3.63, 3.8) is 0 Å². The van der Waals surface area contributed by atoms with Crippen molar-refractivity contribution in [2.24, 2.45) is 0 Å². The second-order valence-electron chi connectivity index (χ2n) is 5.79. The Labute approximate surface area is 137 Å². The summed E-state index contributed by atoms with van der Waals surface area (Å²) in [7, 11) is 8.36. The number of nitrogens with one attached hydrogen (secondary N) is 1. The van der Waals surface area contributed by atoms with Crippen LogP contribution in [-0.4, -0.2) is 78.4 Å². The second kappa shape index (κ2) is 7.83. The van der Waals surface area contributed by atoms with Gasteiger partial charge >= 0.3 is 0 Å². The first kappa shape index (κ1) is 17.1. The molecule has 2 unspecified atom stereocenters. The number of halogens is 1. The minimum Gasteiger partial charge on any atom is -0.310 e. The molecule has 21 heavy (non-hydrogen) atoms. The number of hydrogen-bond acceptors (Lipinski definition) is 5.